The van der Waals surface area contributed by atoms with E-state index in [1.807, 2.05) is 20.8 Å². The quantitative estimate of drug-likeness (QED) is 0.765. The molecule has 0 aliphatic carbocycles. The van der Waals surface area contributed by atoms with Crippen molar-refractivity contribution in [1.82, 2.24) is 14.8 Å². The van der Waals surface area contributed by atoms with E-state index in [2.05, 4.69) is 10.2 Å². The predicted molar refractivity (Wildman–Crippen MR) is 62.1 cm³/mol. The third-order valence-electron chi connectivity index (χ3n) is 2.46. The van der Waals surface area contributed by atoms with Crippen LogP contribution in [0.3, 0.4) is 0 Å². The van der Waals surface area contributed by atoms with Crippen LogP contribution in [0.2, 0.25) is 0 Å². The van der Waals surface area contributed by atoms with Gasteiger partial charge in [0, 0.05) is 23.1 Å². The fourth-order valence-electron chi connectivity index (χ4n) is 1.46. The summed E-state index contributed by atoms with van der Waals surface area (Å²) in [6, 6.07) is 0. The van der Waals surface area contributed by atoms with Crippen LogP contribution in [0.25, 0.3) is 0 Å². The van der Waals surface area contributed by atoms with Gasteiger partial charge in [0.15, 0.2) is 0 Å². The Kier molecular flexibility index (Phi) is 4.32. The normalized spacial score (nSPS) is 14.0. The van der Waals surface area contributed by atoms with Crippen LogP contribution in [-0.4, -0.2) is 23.2 Å². The number of aromatic nitrogens is 3. The van der Waals surface area contributed by atoms with Crippen LogP contribution in [0.1, 0.15) is 45.4 Å². The summed E-state index contributed by atoms with van der Waals surface area (Å²) in [6.07, 6.45) is 1.69. The highest BCUT2D eigenvalue weighted by atomic mass is 35.7. The highest BCUT2D eigenvalue weighted by Gasteiger charge is 2.23. The van der Waals surface area contributed by atoms with Crippen molar-refractivity contribution in [1.29, 1.82) is 0 Å². The Hall–Kier alpha value is -0.620. The maximum Gasteiger partial charge on any atom is 0.296 e. The molecule has 0 N–H and O–H groups in total. The Morgan fingerprint density at radius 3 is 2.44 bits per heavy atom. The first kappa shape index (κ1) is 13.4. The molecule has 5 nitrogen and oxygen atoms in total. The van der Waals surface area contributed by atoms with Crippen LogP contribution in [0.4, 0.5) is 0 Å². The van der Waals surface area contributed by atoms with Gasteiger partial charge >= 0.3 is 0 Å². The molecule has 0 bridgehead atoms. The van der Waals surface area contributed by atoms with Gasteiger partial charge in [-0.1, -0.05) is 20.8 Å². The zero-order valence-electron chi connectivity index (χ0n) is 9.64. The molecule has 0 radical (unpaired) electrons. The van der Waals surface area contributed by atoms with Crippen molar-refractivity contribution in [2.45, 2.75) is 51.2 Å². The largest absolute Gasteiger partial charge is 0.301 e. The molecule has 1 heterocycles. The predicted octanol–water partition coefficient (Wildman–Crippen LogP) is 2.13. The first-order chi connectivity index (χ1) is 7.41. The van der Waals surface area contributed by atoms with E-state index in [1.54, 1.807) is 4.57 Å². The number of hydrogen-bond acceptors (Lipinski definition) is 4. The Bertz CT molecular complexity index is 455. The monoisotopic (exact) mass is 265 g/mol. The van der Waals surface area contributed by atoms with E-state index in [-0.39, 0.29) is 11.1 Å². The fraction of sp³-hybridized carbons (Fsp3) is 0.778. The molecule has 92 valence electrons. The molecule has 1 atom stereocenters. The van der Waals surface area contributed by atoms with E-state index < -0.39 is 9.05 Å². The molecule has 1 aromatic rings. The summed E-state index contributed by atoms with van der Waals surface area (Å²) in [5, 5.41) is 7.44. The van der Waals surface area contributed by atoms with Crippen LogP contribution in [0.5, 0.6) is 0 Å². The number of hydrogen-bond donors (Lipinski definition) is 0. The molecule has 0 aliphatic rings. The van der Waals surface area contributed by atoms with Crippen LogP contribution in [-0.2, 0) is 15.6 Å². The lowest BCUT2D eigenvalue weighted by Gasteiger charge is -2.11. The van der Waals surface area contributed by atoms with Crippen LogP contribution < -0.4 is 0 Å². The minimum Gasteiger partial charge on any atom is -0.301 e. The average Bonchev–Trinajstić information content (AvgIpc) is 2.60. The summed E-state index contributed by atoms with van der Waals surface area (Å²) in [4.78, 5) is 0. The minimum atomic E-state index is -3.82. The zero-order chi connectivity index (χ0) is 12.3. The number of halogens is 1. The van der Waals surface area contributed by atoms with Crippen LogP contribution >= 0.6 is 10.7 Å². The van der Waals surface area contributed by atoms with Gasteiger partial charge in [-0.3, -0.25) is 0 Å². The molecule has 1 rings (SSSR count). The Labute approximate surface area is 100 Å². The van der Waals surface area contributed by atoms with Gasteiger partial charge in [0.25, 0.3) is 14.2 Å². The maximum atomic E-state index is 11.3. The molecule has 7 heteroatoms. The second-order valence-electron chi connectivity index (χ2n) is 3.74. The second-order valence-corrected chi connectivity index (χ2v) is 6.20. The highest BCUT2D eigenvalue weighted by molar-refractivity contribution is 8.13. The van der Waals surface area contributed by atoms with Crippen molar-refractivity contribution in [3.63, 3.8) is 0 Å². The fourth-order valence-corrected chi connectivity index (χ4v) is 2.39. The first-order valence-electron chi connectivity index (χ1n) is 5.29. The third-order valence-corrected chi connectivity index (χ3v) is 3.62. The first-order valence-corrected chi connectivity index (χ1v) is 7.60. The minimum absolute atomic E-state index is 0.147. The lowest BCUT2D eigenvalue weighted by Crippen LogP contribution is -2.11. The molecular formula is C9H16ClN3O2S. The van der Waals surface area contributed by atoms with E-state index in [9.17, 15) is 8.42 Å². The number of rotatable bonds is 5. The summed E-state index contributed by atoms with van der Waals surface area (Å²) in [5.74, 6) is 0.856. The summed E-state index contributed by atoms with van der Waals surface area (Å²) in [6.45, 7) is 6.53. The van der Waals surface area contributed by atoms with Gasteiger partial charge < -0.3 is 4.57 Å². The number of nitrogens with zero attached hydrogens (tertiary/aromatic N) is 3. The molecule has 0 aliphatic heterocycles. The molecule has 1 aromatic heterocycles. The molecule has 0 aromatic carbocycles. The van der Waals surface area contributed by atoms with Crippen LogP contribution in [0, 0.1) is 0 Å². The van der Waals surface area contributed by atoms with E-state index >= 15 is 0 Å². The SMILES string of the molecule is CCCn1c(C(C)CC)nnc1S(=O)(=O)Cl. The summed E-state index contributed by atoms with van der Waals surface area (Å²) >= 11 is 0. The van der Waals surface area contributed by atoms with Gasteiger partial charge in [-0.15, -0.1) is 10.2 Å². The van der Waals surface area contributed by atoms with Crippen molar-refractivity contribution < 1.29 is 8.42 Å². The molecule has 0 spiro atoms. The summed E-state index contributed by atoms with van der Waals surface area (Å²) in [7, 11) is 1.49. The van der Waals surface area contributed by atoms with Gasteiger partial charge in [-0.25, -0.2) is 8.42 Å². The summed E-state index contributed by atoms with van der Waals surface area (Å²) < 4.78 is 24.2. The lowest BCUT2D eigenvalue weighted by molar-refractivity contribution is 0.534. The topological polar surface area (TPSA) is 64.8 Å². The van der Waals surface area contributed by atoms with E-state index in [1.165, 1.54) is 0 Å². The smallest absolute Gasteiger partial charge is 0.296 e. The van der Waals surface area contributed by atoms with Gasteiger partial charge in [0.05, 0.1) is 0 Å². The van der Waals surface area contributed by atoms with Crippen molar-refractivity contribution in [3.05, 3.63) is 5.82 Å². The van der Waals surface area contributed by atoms with Gasteiger partial charge in [0.2, 0.25) is 0 Å². The summed E-state index contributed by atoms with van der Waals surface area (Å²) in [5.41, 5.74) is 0. The average molecular weight is 266 g/mol. The van der Waals surface area contributed by atoms with Crippen molar-refractivity contribution >= 4 is 19.7 Å². The molecule has 16 heavy (non-hydrogen) atoms. The van der Waals surface area contributed by atoms with Crippen molar-refractivity contribution in [2.75, 3.05) is 0 Å². The van der Waals surface area contributed by atoms with Crippen molar-refractivity contribution in [2.24, 2.45) is 0 Å². The third kappa shape index (κ3) is 2.74. The Morgan fingerprint density at radius 1 is 1.38 bits per heavy atom. The molecule has 0 fully saturated rings. The second kappa shape index (κ2) is 5.14. The molecular weight excluding hydrogens is 250 g/mol. The van der Waals surface area contributed by atoms with Gasteiger partial charge in [-0.2, -0.15) is 0 Å². The zero-order valence-corrected chi connectivity index (χ0v) is 11.2. The van der Waals surface area contributed by atoms with Gasteiger partial charge in [0.1, 0.15) is 5.82 Å². The Balaban J connectivity index is 3.27. The highest BCUT2D eigenvalue weighted by Crippen LogP contribution is 2.21. The van der Waals surface area contributed by atoms with Crippen LogP contribution in [0.15, 0.2) is 5.16 Å². The molecule has 0 saturated carbocycles. The Morgan fingerprint density at radius 2 is 2.00 bits per heavy atom. The molecule has 0 saturated heterocycles. The van der Waals surface area contributed by atoms with Gasteiger partial charge in [-0.05, 0) is 12.8 Å². The van der Waals surface area contributed by atoms with E-state index in [4.69, 9.17) is 10.7 Å². The van der Waals surface area contributed by atoms with Crippen molar-refractivity contribution in [3.8, 4) is 0 Å². The maximum absolute atomic E-state index is 11.3. The van der Waals surface area contributed by atoms with E-state index in [0.29, 0.717) is 12.4 Å². The lowest BCUT2D eigenvalue weighted by atomic mass is 10.1. The molecule has 1 unspecified atom stereocenters. The molecule has 0 amide bonds. The van der Waals surface area contributed by atoms with E-state index in [0.717, 1.165) is 12.8 Å². The standard InChI is InChI=1S/C9H16ClN3O2S/c1-4-6-13-8(7(3)5-2)11-12-9(13)16(10,14)15/h7H,4-6H2,1-3H3.